The second kappa shape index (κ2) is 9.95. The van der Waals surface area contributed by atoms with Gasteiger partial charge in [0, 0.05) is 25.2 Å². The van der Waals surface area contributed by atoms with Crippen LogP contribution in [0.5, 0.6) is 0 Å². The molecule has 1 amide bonds. The fourth-order valence-electron chi connectivity index (χ4n) is 3.40. The number of esters is 1. The molecule has 2 heterocycles. The Balaban J connectivity index is 1.52. The topological polar surface area (TPSA) is 106 Å². The summed E-state index contributed by atoms with van der Waals surface area (Å²) in [5, 5.41) is 5.18. The van der Waals surface area contributed by atoms with Crippen LogP contribution in [-0.4, -0.2) is 50.3 Å². The third-order valence-electron chi connectivity index (χ3n) is 5.31. The average Bonchev–Trinajstić information content (AvgIpc) is 3.38. The first-order valence-corrected chi connectivity index (χ1v) is 12.9. The number of anilines is 1. The predicted octanol–water partition coefficient (Wildman–Crippen LogP) is 4.32. The SMILES string of the molecule is Cc1ccc(S(=O)(=O)N(C)C)cc1NC(=O)COC(=O)c1cc(-c2cccs2)nc2ccccc12. The Labute approximate surface area is 207 Å². The Bertz CT molecular complexity index is 1510. The molecule has 2 aromatic heterocycles. The van der Waals surface area contributed by atoms with E-state index in [4.69, 9.17) is 4.74 Å². The predicted molar refractivity (Wildman–Crippen MR) is 136 cm³/mol. The molecule has 0 radical (unpaired) electrons. The molecule has 8 nitrogen and oxygen atoms in total. The summed E-state index contributed by atoms with van der Waals surface area (Å²) in [5.41, 5.74) is 2.59. The van der Waals surface area contributed by atoms with E-state index in [0.717, 1.165) is 9.18 Å². The number of sulfonamides is 1. The molecule has 4 aromatic rings. The summed E-state index contributed by atoms with van der Waals surface area (Å²) in [6.07, 6.45) is 0. The number of nitrogens with zero attached hydrogens (tertiary/aromatic N) is 2. The second-order valence-corrected chi connectivity index (χ2v) is 11.0. The molecule has 1 N–H and O–H groups in total. The maximum Gasteiger partial charge on any atom is 0.339 e. The van der Waals surface area contributed by atoms with Crippen molar-refractivity contribution in [3.05, 3.63) is 77.2 Å². The van der Waals surface area contributed by atoms with Crippen LogP contribution in [0.1, 0.15) is 15.9 Å². The zero-order chi connectivity index (χ0) is 25.2. The van der Waals surface area contributed by atoms with Gasteiger partial charge in [0.25, 0.3) is 5.91 Å². The summed E-state index contributed by atoms with van der Waals surface area (Å²) < 4.78 is 31.2. The molecule has 35 heavy (non-hydrogen) atoms. The van der Waals surface area contributed by atoms with E-state index in [1.54, 1.807) is 31.2 Å². The summed E-state index contributed by atoms with van der Waals surface area (Å²) in [6, 6.07) is 17.2. The Morgan fingerprint density at radius 3 is 2.54 bits per heavy atom. The van der Waals surface area contributed by atoms with Crippen molar-refractivity contribution >= 4 is 49.8 Å². The number of carbonyl (C=O) groups excluding carboxylic acids is 2. The maximum absolute atomic E-state index is 13.0. The van der Waals surface area contributed by atoms with Crippen molar-refractivity contribution in [2.24, 2.45) is 0 Å². The zero-order valence-corrected chi connectivity index (χ0v) is 20.9. The van der Waals surface area contributed by atoms with E-state index in [2.05, 4.69) is 10.3 Å². The number of carbonyl (C=O) groups is 2. The highest BCUT2D eigenvalue weighted by Crippen LogP contribution is 2.28. The third kappa shape index (κ3) is 5.24. The monoisotopic (exact) mass is 509 g/mol. The molecule has 0 bridgehead atoms. The van der Waals surface area contributed by atoms with E-state index in [9.17, 15) is 18.0 Å². The summed E-state index contributed by atoms with van der Waals surface area (Å²) in [5.74, 6) is -1.24. The van der Waals surface area contributed by atoms with Gasteiger partial charge in [-0.2, -0.15) is 0 Å². The number of rotatable bonds is 7. The van der Waals surface area contributed by atoms with Crippen molar-refractivity contribution in [2.75, 3.05) is 26.0 Å². The Morgan fingerprint density at radius 2 is 1.83 bits per heavy atom. The molecule has 2 aromatic carbocycles. The molecule has 0 saturated heterocycles. The van der Waals surface area contributed by atoms with E-state index in [-0.39, 0.29) is 4.90 Å². The second-order valence-electron chi connectivity index (χ2n) is 7.94. The van der Waals surface area contributed by atoms with Gasteiger partial charge in [0.05, 0.1) is 26.5 Å². The van der Waals surface area contributed by atoms with Crippen LogP contribution in [0, 0.1) is 6.92 Å². The smallest absolute Gasteiger partial charge is 0.339 e. The van der Waals surface area contributed by atoms with Crippen LogP contribution in [0.4, 0.5) is 5.69 Å². The lowest BCUT2D eigenvalue weighted by molar-refractivity contribution is -0.119. The number of hydrogen-bond donors (Lipinski definition) is 1. The molecule has 4 rings (SSSR count). The number of benzene rings is 2. The van der Waals surface area contributed by atoms with Crippen LogP contribution in [0.2, 0.25) is 0 Å². The molecule has 0 fully saturated rings. The Kier molecular flexibility index (Phi) is 6.97. The summed E-state index contributed by atoms with van der Waals surface area (Å²) in [7, 11) is -0.805. The standard InChI is InChI=1S/C25H23N3O5S2/c1-16-10-11-17(35(31,32)28(2)3)13-21(16)27-24(29)15-33-25(30)19-14-22(23-9-6-12-34-23)26-20-8-5-4-7-18(19)20/h4-14H,15H2,1-3H3,(H,27,29). The van der Waals surface area contributed by atoms with Crippen LogP contribution in [0.15, 0.2) is 70.9 Å². The largest absolute Gasteiger partial charge is 0.452 e. The minimum absolute atomic E-state index is 0.0461. The zero-order valence-electron chi connectivity index (χ0n) is 19.3. The van der Waals surface area contributed by atoms with Crippen molar-refractivity contribution in [3.63, 3.8) is 0 Å². The highest BCUT2D eigenvalue weighted by atomic mass is 32.2. The number of fused-ring (bicyclic) bond motifs is 1. The first kappa shape index (κ1) is 24.5. The lowest BCUT2D eigenvalue weighted by Gasteiger charge is -2.14. The normalized spacial score (nSPS) is 11.5. The molecule has 0 aliphatic carbocycles. The van der Waals surface area contributed by atoms with Gasteiger partial charge in [0.15, 0.2) is 6.61 Å². The van der Waals surface area contributed by atoms with Crippen molar-refractivity contribution in [1.29, 1.82) is 0 Å². The van der Waals surface area contributed by atoms with Crippen LogP contribution in [0.25, 0.3) is 21.5 Å². The van der Waals surface area contributed by atoms with Gasteiger partial charge in [0.1, 0.15) is 0 Å². The molecule has 0 atom stereocenters. The van der Waals surface area contributed by atoms with Crippen LogP contribution >= 0.6 is 11.3 Å². The minimum Gasteiger partial charge on any atom is -0.452 e. The lowest BCUT2D eigenvalue weighted by Crippen LogP contribution is -2.24. The maximum atomic E-state index is 13.0. The number of hydrogen-bond acceptors (Lipinski definition) is 7. The van der Waals surface area contributed by atoms with Gasteiger partial charge in [0.2, 0.25) is 10.0 Å². The Morgan fingerprint density at radius 1 is 1.06 bits per heavy atom. The van der Waals surface area contributed by atoms with Gasteiger partial charge in [-0.05, 0) is 48.2 Å². The summed E-state index contributed by atoms with van der Waals surface area (Å²) in [6.45, 7) is 1.21. The molecule has 10 heteroatoms. The average molecular weight is 510 g/mol. The number of aryl methyl sites for hydroxylation is 1. The Hall–Kier alpha value is -3.60. The summed E-state index contributed by atoms with van der Waals surface area (Å²) >= 11 is 1.51. The van der Waals surface area contributed by atoms with Gasteiger partial charge < -0.3 is 10.1 Å². The van der Waals surface area contributed by atoms with E-state index in [1.165, 1.54) is 37.6 Å². The number of para-hydroxylation sites is 1. The highest BCUT2D eigenvalue weighted by molar-refractivity contribution is 7.89. The highest BCUT2D eigenvalue weighted by Gasteiger charge is 2.20. The van der Waals surface area contributed by atoms with Gasteiger partial charge in [-0.3, -0.25) is 4.79 Å². The van der Waals surface area contributed by atoms with E-state index in [1.807, 2.05) is 29.6 Å². The fraction of sp³-hybridized carbons (Fsp3) is 0.160. The lowest BCUT2D eigenvalue weighted by atomic mass is 10.1. The molecule has 0 saturated carbocycles. The number of amides is 1. The molecular weight excluding hydrogens is 486 g/mol. The van der Waals surface area contributed by atoms with Crippen molar-refractivity contribution < 1.29 is 22.7 Å². The van der Waals surface area contributed by atoms with Crippen LogP contribution in [0.3, 0.4) is 0 Å². The molecule has 0 aliphatic rings. The van der Waals surface area contributed by atoms with Gasteiger partial charge in [-0.15, -0.1) is 11.3 Å². The van der Waals surface area contributed by atoms with Crippen LogP contribution < -0.4 is 5.32 Å². The van der Waals surface area contributed by atoms with E-state index < -0.39 is 28.5 Å². The minimum atomic E-state index is -3.67. The molecule has 0 unspecified atom stereocenters. The molecule has 0 aliphatic heterocycles. The van der Waals surface area contributed by atoms with Crippen molar-refractivity contribution in [3.8, 4) is 10.6 Å². The number of pyridine rings is 1. The number of thiophene rings is 1. The summed E-state index contributed by atoms with van der Waals surface area (Å²) in [4.78, 5) is 31.1. The first-order chi connectivity index (χ1) is 16.7. The van der Waals surface area contributed by atoms with Crippen LogP contribution in [-0.2, 0) is 19.6 Å². The molecular formula is C25H23N3O5S2. The number of aromatic nitrogens is 1. The quantitative estimate of drug-likeness (QED) is 0.372. The third-order valence-corrected chi connectivity index (χ3v) is 8.01. The van der Waals surface area contributed by atoms with E-state index >= 15 is 0 Å². The van der Waals surface area contributed by atoms with Crippen molar-refractivity contribution in [2.45, 2.75) is 11.8 Å². The number of nitrogens with one attached hydrogen (secondary N) is 1. The van der Waals surface area contributed by atoms with Crippen molar-refractivity contribution in [1.82, 2.24) is 9.29 Å². The van der Waals surface area contributed by atoms with Gasteiger partial charge in [-0.1, -0.05) is 30.3 Å². The first-order valence-electron chi connectivity index (χ1n) is 10.6. The molecule has 180 valence electrons. The molecule has 0 spiro atoms. The van der Waals surface area contributed by atoms with Gasteiger partial charge >= 0.3 is 5.97 Å². The fourth-order valence-corrected chi connectivity index (χ4v) is 5.01. The van der Waals surface area contributed by atoms with E-state index in [0.29, 0.717) is 33.4 Å². The van der Waals surface area contributed by atoms with Gasteiger partial charge in [-0.25, -0.2) is 22.5 Å². The number of ether oxygens (including phenoxy) is 1.